The Labute approximate surface area is 123 Å². The van der Waals surface area contributed by atoms with Crippen molar-refractivity contribution in [3.05, 3.63) is 11.8 Å². The van der Waals surface area contributed by atoms with Crippen LogP contribution in [-0.4, -0.2) is 52.0 Å². The lowest BCUT2D eigenvalue weighted by Gasteiger charge is -2.34. The number of amides is 2. The Bertz CT molecular complexity index is 481. The van der Waals surface area contributed by atoms with E-state index in [0.717, 1.165) is 4.90 Å². The SMILES string of the molecule is CC(C)(C)N(CC(=O)/C=C(\N)C[C@H]1NC(=O)[C@H]1N)C(=O)O. The van der Waals surface area contributed by atoms with Gasteiger partial charge in [0.1, 0.15) is 6.04 Å². The number of nitrogens with two attached hydrogens (primary N) is 2. The van der Waals surface area contributed by atoms with Crippen LogP contribution in [0.5, 0.6) is 0 Å². The Morgan fingerprint density at radius 1 is 1.43 bits per heavy atom. The third-order valence-electron chi connectivity index (χ3n) is 3.22. The van der Waals surface area contributed by atoms with Gasteiger partial charge in [0.2, 0.25) is 5.91 Å². The van der Waals surface area contributed by atoms with Crippen LogP contribution in [0.1, 0.15) is 27.2 Å². The molecule has 1 fully saturated rings. The quantitative estimate of drug-likeness (QED) is 0.394. The molecular weight excluding hydrogens is 276 g/mol. The van der Waals surface area contributed by atoms with Crippen LogP contribution in [0, 0.1) is 0 Å². The summed E-state index contributed by atoms with van der Waals surface area (Å²) in [6.45, 7) is 4.82. The Morgan fingerprint density at radius 2 is 2.00 bits per heavy atom. The first kappa shape index (κ1) is 17.0. The number of carbonyl (C=O) groups is 3. The van der Waals surface area contributed by atoms with Crippen molar-refractivity contribution in [2.75, 3.05) is 6.54 Å². The largest absolute Gasteiger partial charge is 0.465 e. The lowest BCUT2D eigenvalue weighted by molar-refractivity contribution is -0.130. The molecule has 0 aromatic carbocycles. The zero-order valence-corrected chi connectivity index (χ0v) is 12.4. The van der Waals surface area contributed by atoms with Crippen LogP contribution in [0.3, 0.4) is 0 Å². The molecule has 0 saturated carbocycles. The second-order valence-electron chi connectivity index (χ2n) is 6.07. The first-order valence-corrected chi connectivity index (χ1v) is 6.57. The highest BCUT2D eigenvalue weighted by Crippen LogP contribution is 2.14. The number of β-lactam (4-membered cyclic amide) rings is 1. The zero-order valence-electron chi connectivity index (χ0n) is 12.4. The summed E-state index contributed by atoms with van der Waals surface area (Å²) in [5.74, 6) is -0.659. The van der Waals surface area contributed by atoms with Gasteiger partial charge in [-0.2, -0.15) is 0 Å². The van der Waals surface area contributed by atoms with Gasteiger partial charge in [0.05, 0.1) is 12.6 Å². The average molecular weight is 298 g/mol. The summed E-state index contributed by atoms with van der Waals surface area (Å²) in [6, 6.07) is -0.892. The van der Waals surface area contributed by atoms with E-state index in [9.17, 15) is 14.4 Å². The predicted molar refractivity (Wildman–Crippen MR) is 76.3 cm³/mol. The van der Waals surface area contributed by atoms with Crippen molar-refractivity contribution in [3.63, 3.8) is 0 Å². The Balaban J connectivity index is 2.60. The first-order valence-electron chi connectivity index (χ1n) is 6.57. The van der Waals surface area contributed by atoms with Crippen molar-refractivity contribution in [1.82, 2.24) is 10.2 Å². The van der Waals surface area contributed by atoms with Gasteiger partial charge < -0.3 is 21.9 Å². The Morgan fingerprint density at radius 3 is 2.38 bits per heavy atom. The van der Waals surface area contributed by atoms with Crippen LogP contribution >= 0.6 is 0 Å². The second kappa shape index (κ2) is 6.13. The van der Waals surface area contributed by atoms with Crippen molar-refractivity contribution in [2.24, 2.45) is 11.5 Å². The molecule has 6 N–H and O–H groups in total. The number of nitrogens with one attached hydrogen (secondary N) is 1. The summed E-state index contributed by atoms with van der Waals surface area (Å²) in [4.78, 5) is 35.0. The molecule has 0 radical (unpaired) electrons. The van der Waals surface area contributed by atoms with Gasteiger partial charge in [0.25, 0.3) is 0 Å². The van der Waals surface area contributed by atoms with Crippen LogP contribution in [0.15, 0.2) is 11.8 Å². The molecule has 0 aromatic heterocycles. The van der Waals surface area contributed by atoms with E-state index in [4.69, 9.17) is 16.6 Å². The number of hydrogen-bond acceptors (Lipinski definition) is 5. The monoisotopic (exact) mass is 298 g/mol. The molecule has 1 heterocycles. The van der Waals surface area contributed by atoms with Gasteiger partial charge >= 0.3 is 6.09 Å². The second-order valence-corrected chi connectivity index (χ2v) is 6.07. The van der Waals surface area contributed by atoms with Gasteiger partial charge in [-0.25, -0.2) is 4.79 Å². The maximum atomic E-state index is 11.9. The summed E-state index contributed by atoms with van der Waals surface area (Å²) in [5, 5.41) is 11.7. The fraction of sp³-hybridized carbons (Fsp3) is 0.615. The van der Waals surface area contributed by atoms with E-state index in [2.05, 4.69) is 5.32 Å². The smallest absolute Gasteiger partial charge is 0.408 e. The molecule has 8 heteroatoms. The summed E-state index contributed by atoms with van der Waals surface area (Å²) >= 11 is 0. The molecule has 0 aliphatic carbocycles. The van der Waals surface area contributed by atoms with Gasteiger partial charge in [0, 0.05) is 23.7 Å². The van der Waals surface area contributed by atoms with Crippen LogP contribution in [0.25, 0.3) is 0 Å². The highest BCUT2D eigenvalue weighted by atomic mass is 16.4. The lowest BCUT2D eigenvalue weighted by atomic mass is 9.95. The topological polar surface area (TPSA) is 139 Å². The fourth-order valence-electron chi connectivity index (χ4n) is 1.95. The van der Waals surface area contributed by atoms with Crippen molar-refractivity contribution in [2.45, 2.75) is 44.8 Å². The van der Waals surface area contributed by atoms with Gasteiger partial charge in [-0.15, -0.1) is 0 Å². The summed E-state index contributed by atoms with van der Waals surface area (Å²) in [6.07, 6.45) is 0.288. The number of hydrogen-bond donors (Lipinski definition) is 4. The van der Waals surface area contributed by atoms with Crippen molar-refractivity contribution in [3.8, 4) is 0 Å². The van der Waals surface area contributed by atoms with E-state index in [1.807, 2.05) is 0 Å². The normalized spacial score (nSPS) is 22.3. The molecule has 0 bridgehead atoms. The summed E-state index contributed by atoms with van der Waals surface area (Å²) in [5.41, 5.74) is 10.9. The summed E-state index contributed by atoms with van der Waals surface area (Å²) < 4.78 is 0. The van der Waals surface area contributed by atoms with Gasteiger partial charge in [0.15, 0.2) is 5.78 Å². The predicted octanol–water partition coefficient (Wildman–Crippen LogP) is -0.608. The van der Waals surface area contributed by atoms with Crippen LogP contribution in [-0.2, 0) is 9.59 Å². The van der Waals surface area contributed by atoms with E-state index < -0.39 is 23.5 Å². The molecule has 1 rings (SSSR count). The molecule has 21 heavy (non-hydrogen) atoms. The number of carbonyl (C=O) groups excluding carboxylic acids is 2. The van der Waals surface area contributed by atoms with Gasteiger partial charge in [-0.05, 0) is 20.8 Å². The number of nitrogens with zero attached hydrogens (tertiary/aromatic N) is 1. The van der Waals surface area contributed by atoms with E-state index in [1.165, 1.54) is 6.08 Å². The van der Waals surface area contributed by atoms with E-state index in [0.29, 0.717) is 0 Å². The Kier molecular flexibility index (Phi) is 4.95. The van der Waals surface area contributed by atoms with E-state index in [1.54, 1.807) is 20.8 Å². The number of carboxylic acid groups (broad SMARTS) is 1. The van der Waals surface area contributed by atoms with Crippen LogP contribution < -0.4 is 16.8 Å². The maximum absolute atomic E-state index is 11.9. The van der Waals surface area contributed by atoms with Crippen LogP contribution in [0.4, 0.5) is 4.79 Å². The van der Waals surface area contributed by atoms with Crippen molar-refractivity contribution < 1.29 is 19.5 Å². The molecule has 118 valence electrons. The highest BCUT2D eigenvalue weighted by molar-refractivity contribution is 5.94. The average Bonchev–Trinajstić information content (AvgIpc) is 2.33. The van der Waals surface area contributed by atoms with Crippen LogP contribution in [0.2, 0.25) is 0 Å². The molecule has 2 amide bonds. The highest BCUT2D eigenvalue weighted by Gasteiger charge is 2.36. The summed E-state index contributed by atoms with van der Waals surface area (Å²) in [7, 11) is 0. The lowest BCUT2D eigenvalue weighted by Crippen LogP contribution is -2.66. The molecule has 1 aliphatic heterocycles. The van der Waals surface area contributed by atoms with E-state index in [-0.39, 0.29) is 30.6 Å². The minimum atomic E-state index is -1.17. The number of rotatable bonds is 5. The fourth-order valence-corrected chi connectivity index (χ4v) is 1.95. The zero-order chi connectivity index (χ0) is 16.4. The minimum Gasteiger partial charge on any atom is -0.465 e. The molecule has 0 spiro atoms. The molecule has 8 nitrogen and oxygen atoms in total. The minimum absolute atomic E-state index is 0.246. The molecule has 0 aromatic rings. The number of ketones is 1. The Hall–Kier alpha value is -2.09. The van der Waals surface area contributed by atoms with Crippen molar-refractivity contribution >= 4 is 17.8 Å². The molecule has 1 aliphatic rings. The van der Waals surface area contributed by atoms with Gasteiger partial charge in [-0.3, -0.25) is 14.5 Å². The maximum Gasteiger partial charge on any atom is 0.408 e. The third kappa shape index (κ3) is 4.45. The molecule has 2 atom stereocenters. The molecule has 1 saturated heterocycles. The van der Waals surface area contributed by atoms with Gasteiger partial charge in [-0.1, -0.05) is 0 Å². The standard InChI is InChI=1S/C13H22N4O4/c1-13(2,3)17(12(20)21)6-8(18)4-7(14)5-9-10(15)11(19)16-9/h4,9-10H,5-6,14-15H2,1-3H3,(H,16,19)(H,20,21)/b7-4-/t9-,10+/m1/s1. The third-order valence-corrected chi connectivity index (χ3v) is 3.22. The molecule has 0 unspecified atom stereocenters. The van der Waals surface area contributed by atoms with Crippen molar-refractivity contribution in [1.29, 1.82) is 0 Å². The molecular formula is C13H22N4O4. The first-order chi connectivity index (χ1) is 9.52. The van der Waals surface area contributed by atoms with E-state index >= 15 is 0 Å².